The summed E-state index contributed by atoms with van der Waals surface area (Å²) >= 11 is 0. The summed E-state index contributed by atoms with van der Waals surface area (Å²) in [7, 11) is -1.26. The van der Waals surface area contributed by atoms with Gasteiger partial charge in [-0.25, -0.2) is 8.42 Å². The smallest absolute Gasteiger partial charge is 0.175 e. The first kappa shape index (κ1) is 15.7. The highest BCUT2D eigenvalue weighted by atomic mass is 32.2. The van der Waals surface area contributed by atoms with E-state index < -0.39 is 9.84 Å². The summed E-state index contributed by atoms with van der Waals surface area (Å²) in [4.78, 5) is 0.314. The lowest BCUT2D eigenvalue weighted by Gasteiger charge is -2.16. The SMILES string of the molecule is Cn1nccc1CCC(NN)c1ccc(S(C)(=O)=O)cc1. The van der Waals surface area contributed by atoms with Crippen molar-refractivity contribution in [1.82, 2.24) is 15.2 Å². The Bertz CT molecular complexity index is 692. The van der Waals surface area contributed by atoms with Crippen LogP contribution in [-0.2, 0) is 23.3 Å². The van der Waals surface area contributed by atoms with Gasteiger partial charge in [0.15, 0.2) is 9.84 Å². The van der Waals surface area contributed by atoms with Crippen LogP contribution in [0.2, 0.25) is 0 Å². The monoisotopic (exact) mass is 308 g/mol. The summed E-state index contributed by atoms with van der Waals surface area (Å²) < 4.78 is 24.7. The number of nitrogens with two attached hydrogens (primary N) is 1. The lowest BCUT2D eigenvalue weighted by atomic mass is 10.0. The first-order chi connectivity index (χ1) is 9.91. The Labute approximate surface area is 124 Å². The second kappa shape index (κ2) is 6.38. The molecule has 1 unspecified atom stereocenters. The van der Waals surface area contributed by atoms with Crippen LogP contribution < -0.4 is 11.3 Å². The average molecular weight is 308 g/mol. The highest BCUT2D eigenvalue weighted by Crippen LogP contribution is 2.20. The van der Waals surface area contributed by atoms with Gasteiger partial charge in [0.05, 0.1) is 4.90 Å². The molecule has 0 radical (unpaired) electrons. The number of hydrogen-bond donors (Lipinski definition) is 2. The van der Waals surface area contributed by atoms with Gasteiger partial charge in [-0.2, -0.15) is 5.10 Å². The van der Waals surface area contributed by atoms with Crippen LogP contribution in [0.25, 0.3) is 0 Å². The third kappa shape index (κ3) is 3.90. The number of nitrogens with one attached hydrogen (secondary N) is 1. The molecular formula is C14H20N4O2S. The van der Waals surface area contributed by atoms with Gasteiger partial charge in [0.1, 0.15) is 0 Å². The van der Waals surface area contributed by atoms with E-state index in [1.54, 1.807) is 30.5 Å². The first-order valence-corrected chi connectivity index (χ1v) is 8.54. The average Bonchev–Trinajstić information content (AvgIpc) is 2.85. The molecular weight excluding hydrogens is 288 g/mol. The second-order valence-corrected chi connectivity index (χ2v) is 7.06. The Kier molecular flexibility index (Phi) is 4.76. The van der Waals surface area contributed by atoms with Crippen LogP contribution >= 0.6 is 0 Å². The van der Waals surface area contributed by atoms with Crippen molar-refractivity contribution < 1.29 is 8.42 Å². The topological polar surface area (TPSA) is 90.0 Å². The molecule has 3 N–H and O–H groups in total. The number of hydrazine groups is 1. The van der Waals surface area contributed by atoms with Crippen LogP contribution in [0.3, 0.4) is 0 Å². The van der Waals surface area contributed by atoms with Crippen LogP contribution in [0.5, 0.6) is 0 Å². The Hall–Kier alpha value is -1.70. The maximum atomic E-state index is 11.5. The van der Waals surface area contributed by atoms with Gasteiger partial charge in [0.25, 0.3) is 0 Å². The predicted octanol–water partition coefficient (Wildman–Crippen LogP) is 0.961. The molecule has 0 saturated carbocycles. The van der Waals surface area contributed by atoms with E-state index in [0.29, 0.717) is 4.90 Å². The summed E-state index contributed by atoms with van der Waals surface area (Å²) in [6.07, 6.45) is 4.59. The zero-order chi connectivity index (χ0) is 15.5. The molecule has 1 heterocycles. The number of nitrogens with zero attached hydrogens (tertiary/aromatic N) is 2. The van der Waals surface area contributed by atoms with E-state index >= 15 is 0 Å². The highest BCUT2D eigenvalue weighted by molar-refractivity contribution is 7.90. The fourth-order valence-electron chi connectivity index (χ4n) is 2.23. The van der Waals surface area contributed by atoms with Crippen molar-refractivity contribution in [2.75, 3.05) is 6.26 Å². The molecule has 0 fully saturated rings. The summed E-state index contributed by atoms with van der Waals surface area (Å²) in [5.74, 6) is 5.62. The molecule has 0 spiro atoms. The molecule has 7 heteroatoms. The van der Waals surface area contributed by atoms with Gasteiger partial charge in [-0.15, -0.1) is 0 Å². The van der Waals surface area contributed by atoms with E-state index in [1.165, 1.54) is 6.26 Å². The van der Waals surface area contributed by atoms with Crippen LogP contribution in [0.15, 0.2) is 41.4 Å². The normalized spacial score (nSPS) is 13.3. The van der Waals surface area contributed by atoms with Crippen LogP contribution in [0.1, 0.15) is 23.7 Å². The zero-order valence-corrected chi connectivity index (χ0v) is 13.0. The molecule has 1 aromatic heterocycles. The van der Waals surface area contributed by atoms with Gasteiger partial charge in [-0.3, -0.25) is 16.0 Å². The van der Waals surface area contributed by atoms with Crippen molar-refractivity contribution in [2.45, 2.75) is 23.8 Å². The lowest BCUT2D eigenvalue weighted by Crippen LogP contribution is -2.28. The van der Waals surface area contributed by atoms with E-state index in [1.807, 2.05) is 17.8 Å². The van der Waals surface area contributed by atoms with Crippen molar-refractivity contribution in [1.29, 1.82) is 0 Å². The highest BCUT2D eigenvalue weighted by Gasteiger charge is 2.13. The predicted molar refractivity (Wildman–Crippen MR) is 81.1 cm³/mol. The van der Waals surface area contributed by atoms with Crippen LogP contribution in [-0.4, -0.2) is 24.5 Å². The molecule has 0 saturated heterocycles. The summed E-state index contributed by atoms with van der Waals surface area (Å²) in [6, 6.07) is 8.75. The molecule has 1 atom stereocenters. The standard InChI is InChI=1S/C14H20N4O2S/c1-18-12(9-10-16-18)5-8-14(17-15)11-3-6-13(7-4-11)21(2,19)20/h3-4,6-7,9-10,14,17H,5,8,15H2,1-2H3. The Morgan fingerprint density at radius 1 is 1.29 bits per heavy atom. The molecule has 0 aliphatic carbocycles. The van der Waals surface area contributed by atoms with Crippen molar-refractivity contribution in [3.8, 4) is 0 Å². The summed E-state index contributed by atoms with van der Waals surface area (Å²) in [5.41, 5.74) is 4.87. The second-order valence-electron chi connectivity index (χ2n) is 5.05. The number of rotatable bonds is 6. The molecule has 2 aromatic rings. The number of aryl methyl sites for hydroxylation is 2. The summed E-state index contributed by atoms with van der Waals surface area (Å²) in [6.45, 7) is 0. The number of hydrogen-bond acceptors (Lipinski definition) is 5. The summed E-state index contributed by atoms with van der Waals surface area (Å²) in [5, 5.41) is 4.13. The van der Waals surface area contributed by atoms with E-state index in [-0.39, 0.29) is 6.04 Å². The molecule has 1 aromatic carbocycles. The quantitative estimate of drug-likeness (QED) is 0.613. The molecule has 6 nitrogen and oxygen atoms in total. The van der Waals surface area contributed by atoms with Crippen molar-refractivity contribution >= 4 is 9.84 Å². The minimum Gasteiger partial charge on any atom is -0.273 e. The lowest BCUT2D eigenvalue weighted by molar-refractivity contribution is 0.506. The maximum absolute atomic E-state index is 11.5. The Balaban J connectivity index is 2.09. The molecule has 21 heavy (non-hydrogen) atoms. The van der Waals surface area contributed by atoms with E-state index in [9.17, 15) is 8.42 Å². The van der Waals surface area contributed by atoms with E-state index in [2.05, 4.69) is 10.5 Å². The Morgan fingerprint density at radius 3 is 2.43 bits per heavy atom. The van der Waals surface area contributed by atoms with Gasteiger partial charge in [-0.05, 0) is 36.6 Å². The molecule has 0 aliphatic rings. The third-order valence-corrected chi connectivity index (χ3v) is 4.65. The largest absolute Gasteiger partial charge is 0.273 e. The van der Waals surface area contributed by atoms with Crippen molar-refractivity contribution in [2.24, 2.45) is 12.9 Å². The minimum atomic E-state index is -3.17. The van der Waals surface area contributed by atoms with Gasteiger partial charge in [0, 0.05) is 31.2 Å². The van der Waals surface area contributed by atoms with Crippen LogP contribution in [0, 0.1) is 0 Å². The number of sulfone groups is 1. The van der Waals surface area contributed by atoms with Gasteiger partial charge in [-0.1, -0.05) is 12.1 Å². The molecule has 0 aliphatic heterocycles. The van der Waals surface area contributed by atoms with Crippen molar-refractivity contribution in [3.05, 3.63) is 47.8 Å². The van der Waals surface area contributed by atoms with Crippen molar-refractivity contribution in [3.63, 3.8) is 0 Å². The van der Waals surface area contributed by atoms with Crippen LogP contribution in [0.4, 0.5) is 0 Å². The minimum absolute atomic E-state index is 0.0338. The fraction of sp³-hybridized carbons (Fsp3) is 0.357. The number of aromatic nitrogens is 2. The third-order valence-electron chi connectivity index (χ3n) is 3.52. The zero-order valence-electron chi connectivity index (χ0n) is 12.2. The van der Waals surface area contributed by atoms with E-state index in [4.69, 9.17) is 5.84 Å². The fourth-order valence-corrected chi connectivity index (χ4v) is 2.86. The maximum Gasteiger partial charge on any atom is 0.175 e. The number of benzene rings is 1. The van der Waals surface area contributed by atoms with Gasteiger partial charge < -0.3 is 0 Å². The molecule has 0 bridgehead atoms. The molecule has 0 amide bonds. The Morgan fingerprint density at radius 2 is 1.95 bits per heavy atom. The molecule has 114 valence electrons. The molecule has 2 rings (SSSR count). The van der Waals surface area contributed by atoms with E-state index in [0.717, 1.165) is 24.1 Å². The first-order valence-electron chi connectivity index (χ1n) is 6.65. The van der Waals surface area contributed by atoms with Gasteiger partial charge in [0.2, 0.25) is 0 Å². The van der Waals surface area contributed by atoms with Gasteiger partial charge >= 0.3 is 0 Å².